The number of nitriles is 1. The molecule has 1 saturated heterocycles. The van der Waals surface area contributed by atoms with Gasteiger partial charge in [-0.05, 0) is 19.3 Å². The van der Waals surface area contributed by atoms with E-state index >= 15 is 0 Å². The highest BCUT2D eigenvalue weighted by atomic mass is 16.6. The molecule has 0 aromatic carbocycles. The minimum atomic E-state index is -0.519. The van der Waals surface area contributed by atoms with Gasteiger partial charge in [0.15, 0.2) is 0 Å². The number of hydrogen-bond donors (Lipinski definition) is 2. The molecular formula is C20H37N3O4. The number of hydrogen-bond acceptors (Lipinski definition) is 7. The molecule has 0 saturated carbocycles. The van der Waals surface area contributed by atoms with Crippen molar-refractivity contribution in [1.82, 2.24) is 5.43 Å². The van der Waals surface area contributed by atoms with Crippen molar-refractivity contribution >= 4 is 0 Å². The zero-order chi connectivity index (χ0) is 19.9. The van der Waals surface area contributed by atoms with E-state index < -0.39 is 6.10 Å². The third-order valence-corrected chi connectivity index (χ3v) is 4.53. The van der Waals surface area contributed by atoms with Crippen LogP contribution in [0, 0.1) is 11.3 Å². The summed E-state index contributed by atoms with van der Waals surface area (Å²) in [6.07, 6.45) is 6.14. The second kappa shape index (κ2) is 14.8. The van der Waals surface area contributed by atoms with Crippen LogP contribution in [0.15, 0.2) is 11.8 Å². The van der Waals surface area contributed by atoms with Crippen molar-refractivity contribution in [3.8, 4) is 6.07 Å². The molecule has 1 fully saturated rings. The van der Waals surface area contributed by atoms with Crippen LogP contribution in [0.1, 0.15) is 59.3 Å². The summed E-state index contributed by atoms with van der Waals surface area (Å²) in [5.74, 6) is 5.39. The van der Waals surface area contributed by atoms with Gasteiger partial charge in [0.2, 0.25) is 0 Å². The van der Waals surface area contributed by atoms with Crippen molar-refractivity contribution in [2.24, 2.45) is 5.84 Å². The molecule has 27 heavy (non-hydrogen) atoms. The van der Waals surface area contributed by atoms with Crippen molar-refractivity contribution < 1.29 is 18.9 Å². The summed E-state index contributed by atoms with van der Waals surface area (Å²) >= 11 is 0. The van der Waals surface area contributed by atoms with Crippen LogP contribution in [0.3, 0.4) is 0 Å². The SMILES string of the molecule is CCCCOC[C@H]1OC(/C(C#N)=C/NN)[C@H](OCCCC)[C@@H]1OCCCC. The summed E-state index contributed by atoms with van der Waals surface area (Å²) in [5, 5.41) is 9.52. The Labute approximate surface area is 164 Å². The van der Waals surface area contributed by atoms with Crippen molar-refractivity contribution in [3.05, 3.63) is 11.8 Å². The highest BCUT2D eigenvalue weighted by Gasteiger charge is 2.47. The van der Waals surface area contributed by atoms with Gasteiger partial charge in [0, 0.05) is 26.0 Å². The van der Waals surface area contributed by atoms with Crippen LogP contribution >= 0.6 is 0 Å². The van der Waals surface area contributed by atoms with E-state index in [4.69, 9.17) is 24.8 Å². The Morgan fingerprint density at radius 1 is 1.04 bits per heavy atom. The maximum absolute atomic E-state index is 9.52. The van der Waals surface area contributed by atoms with Gasteiger partial charge in [-0.15, -0.1) is 0 Å². The number of nitrogens with two attached hydrogens (primary N) is 1. The number of rotatable bonds is 15. The Kier molecular flexibility index (Phi) is 13.1. The van der Waals surface area contributed by atoms with Gasteiger partial charge in [-0.25, -0.2) is 0 Å². The number of hydrazine groups is 1. The fraction of sp³-hybridized carbons (Fsp3) is 0.850. The van der Waals surface area contributed by atoms with Gasteiger partial charge in [-0.2, -0.15) is 5.26 Å². The highest BCUT2D eigenvalue weighted by Crippen LogP contribution is 2.31. The molecule has 1 rings (SSSR count). The topological polar surface area (TPSA) is 98.8 Å². The van der Waals surface area contributed by atoms with Gasteiger partial charge in [-0.1, -0.05) is 40.0 Å². The summed E-state index contributed by atoms with van der Waals surface area (Å²) in [6.45, 7) is 8.73. The van der Waals surface area contributed by atoms with E-state index in [2.05, 4.69) is 32.3 Å². The molecule has 0 radical (unpaired) electrons. The van der Waals surface area contributed by atoms with Crippen LogP contribution < -0.4 is 11.3 Å². The van der Waals surface area contributed by atoms with Gasteiger partial charge in [-0.3, -0.25) is 5.84 Å². The largest absolute Gasteiger partial charge is 0.379 e. The predicted molar refractivity (Wildman–Crippen MR) is 105 cm³/mol. The molecule has 0 bridgehead atoms. The molecule has 0 spiro atoms. The van der Waals surface area contributed by atoms with Gasteiger partial charge in [0.25, 0.3) is 0 Å². The second-order valence-corrected chi connectivity index (χ2v) is 6.78. The standard InChI is InChI=1S/C20H37N3O4/c1-4-7-10-24-15-17-19(25-11-8-5-2)20(26-12-9-6-3)18(27-17)16(13-21)14-23-22/h14,17-20,23H,4-12,15,22H2,1-3H3/b16-14+/t17-,18?,19-,20+/m1/s1. The number of nitrogens with one attached hydrogen (secondary N) is 1. The molecule has 1 unspecified atom stereocenters. The third-order valence-electron chi connectivity index (χ3n) is 4.53. The van der Waals surface area contributed by atoms with Crippen LogP contribution in [-0.2, 0) is 18.9 Å². The van der Waals surface area contributed by atoms with Gasteiger partial charge >= 0.3 is 0 Å². The van der Waals surface area contributed by atoms with Gasteiger partial charge in [0.05, 0.1) is 18.2 Å². The van der Waals surface area contributed by atoms with Crippen molar-refractivity contribution in [3.63, 3.8) is 0 Å². The quantitative estimate of drug-likeness (QED) is 0.194. The predicted octanol–water partition coefficient (Wildman–Crippen LogP) is 2.81. The molecule has 156 valence electrons. The van der Waals surface area contributed by atoms with Crippen molar-refractivity contribution in [1.29, 1.82) is 5.26 Å². The molecule has 1 heterocycles. The maximum atomic E-state index is 9.52. The van der Waals surface area contributed by atoms with Crippen LogP contribution in [0.4, 0.5) is 0 Å². The normalized spacial score (nSPS) is 25.5. The molecule has 1 aliphatic rings. The lowest BCUT2D eigenvalue weighted by Gasteiger charge is -2.25. The van der Waals surface area contributed by atoms with Crippen LogP contribution in [-0.4, -0.2) is 50.8 Å². The molecule has 0 aromatic rings. The average Bonchev–Trinajstić information content (AvgIpc) is 3.01. The molecular weight excluding hydrogens is 346 g/mol. The lowest BCUT2D eigenvalue weighted by Crippen LogP contribution is -2.40. The molecule has 0 amide bonds. The smallest absolute Gasteiger partial charge is 0.123 e. The molecule has 3 N–H and O–H groups in total. The maximum Gasteiger partial charge on any atom is 0.123 e. The highest BCUT2D eigenvalue weighted by molar-refractivity contribution is 5.28. The molecule has 7 heteroatoms. The first kappa shape index (κ1) is 23.9. The summed E-state index contributed by atoms with van der Waals surface area (Å²) in [4.78, 5) is 0. The lowest BCUT2D eigenvalue weighted by molar-refractivity contribution is -0.0795. The van der Waals surface area contributed by atoms with E-state index in [0.29, 0.717) is 32.0 Å². The Morgan fingerprint density at radius 3 is 2.19 bits per heavy atom. The Hall–Kier alpha value is -1.17. The Bertz CT molecular complexity index is 453. The molecule has 0 aliphatic carbocycles. The van der Waals surface area contributed by atoms with E-state index in [1.165, 1.54) is 6.20 Å². The van der Waals surface area contributed by atoms with E-state index in [-0.39, 0.29) is 18.3 Å². The average molecular weight is 384 g/mol. The van der Waals surface area contributed by atoms with E-state index in [1.54, 1.807) is 0 Å². The van der Waals surface area contributed by atoms with Gasteiger partial charge < -0.3 is 24.4 Å². The summed E-state index contributed by atoms with van der Waals surface area (Å²) in [7, 11) is 0. The minimum absolute atomic E-state index is 0.269. The van der Waals surface area contributed by atoms with Crippen LogP contribution in [0.25, 0.3) is 0 Å². The van der Waals surface area contributed by atoms with Gasteiger partial charge in [0.1, 0.15) is 24.4 Å². The molecule has 1 aliphatic heterocycles. The number of nitrogens with zero attached hydrogens (tertiary/aromatic N) is 1. The zero-order valence-electron chi connectivity index (χ0n) is 17.1. The minimum Gasteiger partial charge on any atom is -0.379 e. The first-order valence-corrected chi connectivity index (χ1v) is 10.3. The summed E-state index contributed by atoms with van der Waals surface area (Å²) < 4.78 is 24.2. The van der Waals surface area contributed by atoms with E-state index in [0.717, 1.165) is 38.5 Å². The number of ether oxygens (including phenoxy) is 4. The number of unbranched alkanes of at least 4 members (excludes halogenated alkanes) is 3. The molecule has 7 nitrogen and oxygen atoms in total. The molecule has 0 aromatic heterocycles. The fourth-order valence-corrected chi connectivity index (χ4v) is 2.94. The Morgan fingerprint density at radius 2 is 1.63 bits per heavy atom. The summed E-state index contributed by atoms with van der Waals surface area (Å²) in [5.41, 5.74) is 2.84. The van der Waals surface area contributed by atoms with E-state index in [9.17, 15) is 5.26 Å². The van der Waals surface area contributed by atoms with Crippen LogP contribution in [0.5, 0.6) is 0 Å². The van der Waals surface area contributed by atoms with E-state index in [1.807, 2.05) is 0 Å². The van der Waals surface area contributed by atoms with Crippen molar-refractivity contribution in [2.45, 2.75) is 83.7 Å². The zero-order valence-corrected chi connectivity index (χ0v) is 17.1. The lowest BCUT2D eigenvalue weighted by atomic mass is 10.0. The summed E-state index contributed by atoms with van der Waals surface area (Å²) in [6, 6.07) is 2.17. The first-order valence-electron chi connectivity index (χ1n) is 10.3. The second-order valence-electron chi connectivity index (χ2n) is 6.78. The molecule has 4 atom stereocenters. The fourth-order valence-electron chi connectivity index (χ4n) is 2.94. The first-order chi connectivity index (χ1) is 13.2. The van der Waals surface area contributed by atoms with Crippen molar-refractivity contribution in [2.75, 3.05) is 26.4 Å². The third kappa shape index (κ3) is 8.16. The monoisotopic (exact) mass is 383 g/mol. The van der Waals surface area contributed by atoms with Crippen LogP contribution in [0.2, 0.25) is 0 Å². The Balaban J connectivity index is 2.91.